The molecule has 5 aliphatic carbocycles. The first-order chi connectivity index (χ1) is 71.1. The lowest BCUT2D eigenvalue weighted by atomic mass is 9.80. The smallest absolute Gasteiger partial charge is 0.0600 e. The topological polar surface area (TPSA) is 265 Å². The summed E-state index contributed by atoms with van der Waals surface area (Å²) in [5, 5.41) is 70.1. The number of piperidine rings is 15. The van der Waals surface area contributed by atoms with Gasteiger partial charge in [-0.05, 0) is 440 Å². The fraction of sp³-hybridized carbons (Fsp3) is 1.00. The molecule has 0 spiro atoms. The average Bonchev–Trinajstić information content (AvgIpc) is 1.71. The second kappa shape index (κ2) is 100. The summed E-state index contributed by atoms with van der Waals surface area (Å²) in [5.74, 6) is 11.7. The molecule has 0 aromatic rings. The summed E-state index contributed by atoms with van der Waals surface area (Å²) in [6.45, 7) is 82.4. The molecule has 0 aromatic heterocycles. The predicted molar refractivity (Wildman–Crippen MR) is 637 cm³/mol. The van der Waals surface area contributed by atoms with Crippen molar-refractivity contribution in [2.24, 2.45) is 71.0 Å². The van der Waals surface area contributed by atoms with E-state index in [0.717, 1.165) is 144 Å². The predicted octanol–water partition coefficient (Wildman–Crippen LogP) is 20.7. The molecule has 143 heavy (non-hydrogen) atoms. The minimum absolute atomic E-state index is 0.655. The van der Waals surface area contributed by atoms with Gasteiger partial charge in [-0.15, -0.1) is 0 Å². The SMILES string of the molecule is C1CC2CCNCC2CN1.C1CC2CNCCC2CN1.C1CC2NCCC2CN1.C1CCC2NCCCC2C1.C1CCC2NCCCC2C1.C1CCC2NCCNC2C1.C1CCC2NCNCC2C1.C1CCC2NNCCC2C1.C1CNC2CCCNC2C1.C1CNC2CCNCC2C1.C1CNC2CNCCC2C1.C1CNC2NCCCC2C1.CC.CC.CC.CC.CC.CC.CC.CC.CC.CC.CC.CC. The quantitative estimate of drug-likeness (QED) is 0.107. The maximum atomic E-state index is 3.62. The van der Waals surface area contributed by atoms with Crippen molar-refractivity contribution < 1.29 is 0 Å². The Balaban J connectivity index is 0.000000765. The van der Waals surface area contributed by atoms with Gasteiger partial charge in [0.1, 0.15) is 0 Å². The van der Waals surface area contributed by atoms with E-state index in [0.29, 0.717) is 6.17 Å². The normalized spacial score (nSPS) is 34.6. The molecule has 0 aromatic carbocycles. The molecule has 858 valence electrons. The van der Waals surface area contributed by atoms with Gasteiger partial charge in [0, 0.05) is 106 Å². The minimum atomic E-state index is 0.655. The number of nitrogens with one attached hydrogen (secondary N) is 22. The molecule has 24 aliphatic rings. The van der Waals surface area contributed by atoms with Crippen molar-refractivity contribution in [2.45, 2.75) is 528 Å². The van der Waals surface area contributed by atoms with Crippen molar-refractivity contribution in [3.63, 3.8) is 0 Å². The first-order valence-corrected chi connectivity index (χ1v) is 65.0. The molecule has 24 rings (SSSR count). The maximum Gasteiger partial charge on any atom is 0.0600 e. The molecule has 5 saturated carbocycles. The van der Waals surface area contributed by atoms with E-state index in [4.69, 9.17) is 0 Å². The highest BCUT2D eigenvalue weighted by Crippen LogP contribution is 2.35. The molecule has 20 atom stereocenters. The van der Waals surface area contributed by atoms with Crippen LogP contribution >= 0.6 is 0 Å². The van der Waals surface area contributed by atoms with Gasteiger partial charge in [0.05, 0.1) is 6.17 Å². The first kappa shape index (κ1) is 140. The third-order valence-electron chi connectivity index (χ3n) is 33.7. The molecule has 0 amide bonds. The molecular weight excluding hydrogens is 1760 g/mol. The first-order valence-electron chi connectivity index (χ1n) is 65.0. The Labute approximate surface area is 894 Å². The van der Waals surface area contributed by atoms with Crippen LogP contribution in [-0.2, 0) is 0 Å². The van der Waals surface area contributed by atoms with Gasteiger partial charge in [0.2, 0.25) is 0 Å². The van der Waals surface area contributed by atoms with Gasteiger partial charge in [-0.1, -0.05) is 230 Å². The van der Waals surface area contributed by atoms with Crippen LogP contribution in [0.15, 0.2) is 0 Å². The second-order valence-corrected chi connectivity index (χ2v) is 41.8. The van der Waals surface area contributed by atoms with Gasteiger partial charge in [-0.2, -0.15) is 0 Å². The van der Waals surface area contributed by atoms with Gasteiger partial charge in [-0.25, -0.2) is 0 Å². The Morgan fingerprint density at radius 1 is 0.119 bits per heavy atom. The summed E-state index contributed by atoms with van der Waals surface area (Å²) < 4.78 is 0. The molecule has 0 radical (unpaired) electrons. The largest absolute Gasteiger partial charge is 0.316 e. The van der Waals surface area contributed by atoms with E-state index in [1.54, 1.807) is 0 Å². The van der Waals surface area contributed by atoms with E-state index in [1.165, 1.54) is 466 Å². The number of piperazine rings is 1. The molecule has 22 heteroatoms. The number of hydrogen-bond acceptors (Lipinski definition) is 22. The lowest BCUT2D eigenvalue weighted by Gasteiger charge is -2.37. The van der Waals surface area contributed by atoms with E-state index in [1.807, 2.05) is 166 Å². The highest BCUT2D eigenvalue weighted by Gasteiger charge is 2.36. The molecule has 22 N–H and O–H groups in total. The van der Waals surface area contributed by atoms with Gasteiger partial charge in [0.25, 0.3) is 0 Å². The maximum absolute atomic E-state index is 3.62. The van der Waals surface area contributed by atoms with Crippen molar-refractivity contribution in [3.05, 3.63) is 0 Å². The highest BCUT2D eigenvalue weighted by molar-refractivity contribution is 4.96. The summed E-state index contributed by atoms with van der Waals surface area (Å²) in [4.78, 5) is 0. The number of hydrazine groups is 1. The van der Waals surface area contributed by atoms with E-state index in [9.17, 15) is 0 Å². The van der Waals surface area contributed by atoms with E-state index in [-0.39, 0.29) is 0 Å². The van der Waals surface area contributed by atoms with Gasteiger partial charge >= 0.3 is 0 Å². The monoisotopic (exact) mass is 2030 g/mol. The van der Waals surface area contributed by atoms with Gasteiger partial charge < -0.3 is 106 Å². The van der Waals surface area contributed by atoms with Crippen LogP contribution in [0.3, 0.4) is 0 Å². The summed E-state index contributed by atoms with van der Waals surface area (Å²) in [6.07, 6.45) is 64.6. The summed E-state index contributed by atoms with van der Waals surface area (Å²) in [6, 6.07) is 9.11. The Morgan fingerprint density at radius 2 is 0.343 bits per heavy atom. The molecule has 20 unspecified atom stereocenters. The third-order valence-corrected chi connectivity index (χ3v) is 33.7. The van der Waals surface area contributed by atoms with E-state index >= 15 is 0 Å². The molecule has 22 nitrogen and oxygen atoms in total. The second-order valence-electron chi connectivity index (χ2n) is 41.8. The van der Waals surface area contributed by atoms with Crippen LogP contribution < -0.4 is 117 Å². The summed E-state index contributed by atoms with van der Waals surface area (Å²) in [7, 11) is 0. The van der Waals surface area contributed by atoms with Crippen LogP contribution in [0.2, 0.25) is 0 Å². The van der Waals surface area contributed by atoms with Crippen LogP contribution in [0.5, 0.6) is 0 Å². The lowest BCUT2D eigenvalue weighted by molar-refractivity contribution is 0.186. The van der Waals surface area contributed by atoms with Crippen LogP contribution in [0.4, 0.5) is 0 Å². The molecule has 19 heterocycles. The van der Waals surface area contributed by atoms with E-state index < -0.39 is 0 Å². The van der Waals surface area contributed by atoms with Crippen LogP contribution in [0.25, 0.3) is 0 Å². The molecule has 19 aliphatic heterocycles. The van der Waals surface area contributed by atoms with Crippen molar-refractivity contribution in [1.29, 1.82) is 0 Å². The van der Waals surface area contributed by atoms with Crippen molar-refractivity contribution in [3.8, 4) is 0 Å². The van der Waals surface area contributed by atoms with Crippen molar-refractivity contribution in [1.82, 2.24) is 117 Å². The standard InChI is InChI=1S/2C9H17N.9C8H16N2.C7H14N2.12C2H6/c2*1-2-6-9-8(4-1)5-3-7-10-9;1-3-9-6-8-2-4-10-5-7(1)8;1-3-9-5-8-6-10-4-2-7(1)8;1-3-7-8(9-5-1)4-2-6-10-7;1-3-7-4-2-6-10-8(7)9-5-1;1-2-7-6-9-5-3-8(7)10-4-1;1-2-7-3-5-9-6-8(7)10-4-1;1-2-4-8-7(3-1)5-9-6-10-8;1-2-4-8-7(3-1)9-5-6-10-8;1-2-4-8-7(3-1)5-6-9-10-8;1-4-9-7-2-3-8-5-6(1)7;12*1-2/h2*8-10H,1-7H2;9*7-10H,1-6H2;6-9H,1-5H2;12*1-2H3. The van der Waals surface area contributed by atoms with Crippen molar-refractivity contribution in [2.75, 3.05) is 183 Å². The third kappa shape index (κ3) is 59.6. The average molecular weight is 2030 g/mol. The van der Waals surface area contributed by atoms with Gasteiger partial charge in [0.15, 0.2) is 0 Å². The van der Waals surface area contributed by atoms with Crippen LogP contribution in [-0.4, -0.2) is 256 Å². The Morgan fingerprint density at radius 3 is 0.713 bits per heavy atom. The number of rotatable bonds is 0. The zero-order chi connectivity index (χ0) is 105. The van der Waals surface area contributed by atoms with Crippen LogP contribution in [0.1, 0.15) is 455 Å². The zero-order valence-electron chi connectivity index (χ0n) is 100. The zero-order valence-corrected chi connectivity index (χ0v) is 100. The molecular formula is C121H264N22. The Kier molecular flexibility index (Phi) is 98.4. The van der Waals surface area contributed by atoms with Crippen LogP contribution in [0, 0.1) is 71.0 Å². The van der Waals surface area contributed by atoms with E-state index in [2.05, 4.69) is 117 Å². The fourth-order valence-electron chi connectivity index (χ4n) is 26.3. The minimum Gasteiger partial charge on any atom is -0.316 e. The Hall–Kier alpha value is -0.880. The van der Waals surface area contributed by atoms with Gasteiger partial charge in [-0.3, -0.25) is 10.9 Å². The Bertz CT molecular complexity index is 1720. The summed E-state index contributed by atoms with van der Waals surface area (Å²) >= 11 is 0. The lowest BCUT2D eigenvalue weighted by Crippen LogP contribution is -2.56. The summed E-state index contributed by atoms with van der Waals surface area (Å²) in [5.41, 5.74) is 6.60. The fourth-order valence-corrected chi connectivity index (χ4v) is 26.3. The molecule has 0 bridgehead atoms. The molecule has 19 saturated heterocycles. The number of hydrogen-bond donors (Lipinski definition) is 22. The number of fused-ring (bicyclic) bond motifs is 12. The van der Waals surface area contributed by atoms with Crippen molar-refractivity contribution >= 4 is 0 Å². The molecule has 24 fully saturated rings. The highest BCUT2D eigenvalue weighted by atomic mass is 15.4.